The molecule has 0 radical (unpaired) electrons. The Balaban J connectivity index is 1.81. The van der Waals surface area contributed by atoms with Crippen LogP contribution in [0.15, 0.2) is 4.52 Å². The maximum absolute atomic E-state index is 6.40. The summed E-state index contributed by atoms with van der Waals surface area (Å²) >= 11 is 0. The molecule has 1 saturated heterocycles. The monoisotopic (exact) mass is 279 g/mol. The first-order chi connectivity index (χ1) is 9.58. The maximum atomic E-state index is 6.40. The van der Waals surface area contributed by atoms with Crippen LogP contribution >= 0.6 is 0 Å². The van der Waals surface area contributed by atoms with Crippen molar-refractivity contribution < 1.29 is 4.52 Å². The van der Waals surface area contributed by atoms with Crippen LogP contribution in [0.1, 0.15) is 49.9 Å². The average molecular weight is 279 g/mol. The van der Waals surface area contributed by atoms with Crippen LogP contribution in [0.25, 0.3) is 0 Å². The zero-order valence-corrected chi connectivity index (χ0v) is 12.5. The smallest absolute Gasteiger partial charge is 0.246 e. The maximum Gasteiger partial charge on any atom is 0.246 e. The minimum atomic E-state index is -0.388. The number of nitrogens with two attached hydrogens (primary N) is 1. The molecule has 1 aromatic heterocycles. The van der Waals surface area contributed by atoms with Gasteiger partial charge in [-0.2, -0.15) is 4.98 Å². The second-order valence-corrected chi connectivity index (χ2v) is 6.43. The second-order valence-electron chi connectivity index (χ2n) is 6.43. The summed E-state index contributed by atoms with van der Waals surface area (Å²) in [7, 11) is 4.28. The SMILES string of the molecule is CN1CCCN(C)C(c2noc(C3(N)CCCC3)n2)C1. The third-order valence-electron chi connectivity index (χ3n) is 4.73. The molecule has 0 spiro atoms. The van der Waals surface area contributed by atoms with Crippen molar-refractivity contribution in [2.45, 2.75) is 43.7 Å². The molecular weight excluding hydrogens is 254 g/mol. The quantitative estimate of drug-likeness (QED) is 0.874. The van der Waals surface area contributed by atoms with E-state index < -0.39 is 0 Å². The van der Waals surface area contributed by atoms with Crippen molar-refractivity contribution in [3.63, 3.8) is 0 Å². The number of rotatable bonds is 2. The molecule has 6 heteroatoms. The van der Waals surface area contributed by atoms with Crippen LogP contribution in [-0.2, 0) is 5.54 Å². The van der Waals surface area contributed by atoms with Gasteiger partial charge in [-0.3, -0.25) is 4.90 Å². The lowest BCUT2D eigenvalue weighted by molar-refractivity contribution is 0.213. The zero-order valence-electron chi connectivity index (χ0n) is 12.5. The van der Waals surface area contributed by atoms with Gasteiger partial charge in [0, 0.05) is 6.54 Å². The topological polar surface area (TPSA) is 71.4 Å². The highest BCUT2D eigenvalue weighted by Crippen LogP contribution is 2.36. The molecule has 0 aromatic carbocycles. The van der Waals surface area contributed by atoms with Crippen LogP contribution < -0.4 is 5.73 Å². The van der Waals surface area contributed by atoms with Crippen LogP contribution in [0.2, 0.25) is 0 Å². The van der Waals surface area contributed by atoms with Gasteiger partial charge in [-0.15, -0.1) is 0 Å². The van der Waals surface area contributed by atoms with Crippen molar-refractivity contribution in [2.24, 2.45) is 5.73 Å². The number of hydrogen-bond donors (Lipinski definition) is 1. The van der Waals surface area contributed by atoms with Crippen LogP contribution in [0.5, 0.6) is 0 Å². The van der Waals surface area contributed by atoms with E-state index in [2.05, 4.69) is 34.0 Å². The van der Waals surface area contributed by atoms with E-state index in [1.54, 1.807) is 0 Å². The molecule has 1 unspecified atom stereocenters. The predicted molar refractivity (Wildman–Crippen MR) is 76.1 cm³/mol. The molecule has 2 aliphatic rings. The van der Waals surface area contributed by atoms with E-state index in [1.165, 1.54) is 6.42 Å². The molecule has 1 aliphatic carbocycles. The molecular formula is C14H25N5O. The lowest BCUT2D eigenvalue weighted by atomic mass is 9.99. The summed E-state index contributed by atoms with van der Waals surface area (Å²) < 4.78 is 5.50. The zero-order chi connectivity index (χ0) is 14.2. The summed E-state index contributed by atoms with van der Waals surface area (Å²) in [6.45, 7) is 3.12. The van der Waals surface area contributed by atoms with Crippen molar-refractivity contribution in [1.29, 1.82) is 0 Å². The normalized spacial score (nSPS) is 28.6. The fourth-order valence-electron chi connectivity index (χ4n) is 3.34. The van der Waals surface area contributed by atoms with Gasteiger partial charge in [0.2, 0.25) is 5.89 Å². The Hall–Kier alpha value is -0.980. The molecule has 1 aromatic rings. The highest BCUT2D eigenvalue weighted by molar-refractivity contribution is 5.07. The molecule has 3 rings (SSSR count). The summed E-state index contributed by atoms with van der Waals surface area (Å²) in [5.41, 5.74) is 6.01. The molecule has 1 saturated carbocycles. The number of nitrogens with zero attached hydrogens (tertiary/aromatic N) is 4. The Kier molecular flexibility index (Phi) is 3.79. The summed E-state index contributed by atoms with van der Waals surface area (Å²) in [4.78, 5) is 9.29. The van der Waals surface area contributed by atoms with E-state index in [9.17, 15) is 0 Å². The van der Waals surface area contributed by atoms with E-state index >= 15 is 0 Å². The number of hydrogen-bond acceptors (Lipinski definition) is 6. The fourth-order valence-corrected chi connectivity index (χ4v) is 3.34. The highest BCUT2D eigenvalue weighted by atomic mass is 16.5. The Bertz CT molecular complexity index is 454. The molecule has 6 nitrogen and oxygen atoms in total. The Morgan fingerprint density at radius 3 is 2.70 bits per heavy atom. The first kappa shape index (κ1) is 14.0. The van der Waals surface area contributed by atoms with Gasteiger partial charge in [-0.1, -0.05) is 18.0 Å². The van der Waals surface area contributed by atoms with Gasteiger partial charge in [0.1, 0.15) is 0 Å². The van der Waals surface area contributed by atoms with Crippen molar-refractivity contribution >= 4 is 0 Å². The minimum absolute atomic E-state index is 0.199. The van der Waals surface area contributed by atoms with Crippen molar-refractivity contribution in [2.75, 3.05) is 33.7 Å². The molecule has 0 bridgehead atoms. The third-order valence-corrected chi connectivity index (χ3v) is 4.73. The van der Waals surface area contributed by atoms with E-state index in [-0.39, 0.29) is 11.6 Å². The van der Waals surface area contributed by atoms with Crippen LogP contribution in [0.3, 0.4) is 0 Å². The summed E-state index contributed by atoms with van der Waals surface area (Å²) in [6, 6.07) is 0.199. The molecule has 2 fully saturated rings. The van der Waals surface area contributed by atoms with Crippen LogP contribution in [0, 0.1) is 0 Å². The first-order valence-corrected chi connectivity index (χ1v) is 7.60. The average Bonchev–Trinajstić information content (AvgIpc) is 3.02. The molecule has 1 aliphatic heterocycles. The van der Waals surface area contributed by atoms with Gasteiger partial charge in [-0.25, -0.2) is 0 Å². The molecule has 112 valence electrons. The Morgan fingerprint density at radius 2 is 1.95 bits per heavy atom. The lowest BCUT2D eigenvalue weighted by Gasteiger charge is -2.24. The number of likely N-dealkylation sites (N-methyl/N-ethyl adjacent to an activating group) is 2. The second kappa shape index (κ2) is 5.42. The first-order valence-electron chi connectivity index (χ1n) is 7.60. The highest BCUT2D eigenvalue weighted by Gasteiger charge is 2.38. The van der Waals surface area contributed by atoms with Gasteiger partial charge in [-0.05, 0) is 46.4 Å². The van der Waals surface area contributed by atoms with Gasteiger partial charge >= 0.3 is 0 Å². The minimum Gasteiger partial charge on any atom is -0.337 e. The summed E-state index contributed by atoms with van der Waals surface area (Å²) in [5.74, 6) is 1.42. The molecule has 0 amide bonds. The van der Waals surface area contributed by atoms with Crippen molar-refractivity contribution in [3.05, 3.63) is 11.7 Å². The fraction of sp³-hybridized carbons (Fsp3) is 0.857. The number of aromatic nitrogens is 2. The predicted octanol–water partition coefficient (Wildman–Crippen LogP) is 1.11. The molecule has 2 heterocycles. The third kappa shape index (κ3) is 2.60. The standard InChI is InChI=1S/C14H25N5O/c1-18-8-5-9-19(2)11(10-18)12-16-13(20-17-12)14(15)6-3-4-7-14/h11H,3-10,15H2,1-2H3. The summed E-state index contributed by atoms with van der Waals surface area (Å²) in [6.07, 6.45) is 5.39. The van der Waals surface area contributed by atoms with Crippen LogP contribution in [0.4, 0.5) is 0 Å². The largest absolute Gasteiger partial charge is 0.337 e. The van der Waals surface area contributed by atoms with Gasteiger partial charge < -0.3 is 15.2 Å². The van der Waals surface area contributed by atoms with E-state index in [1.807, 2.05) is 0 Å². The van der Waals surface area contributed by atoms with Gasteiger partial charge in [0.05, 0.1) is 11.6 Å². The lowest BCUT2D eigenvalue weighted by Crippen LogP contribution is -2.34. The van der Waals surface area contributed by atoms with E-state index in [0.29, 0.717) is 5.89 Å². The van der Waals surface area contributed by atoms with Gasteiger partial charge in [0.15, 0.2) is 5.82 Å². The Labute approximate surface area is 120 Å². The molecule has 1 atom stereocenters. The van der Waals surface area contributed by atoms with E-state index in [4.69, 9.17) is 10.3 Å². The summed E-state index contributed by atoms with van der Waals surface area (Å²) in [5, 5.41) is 4.22. The Morgan fingerprint density at radius 1 is 1.20 bits per heavy atom. The van der Waals surface area contributed by atoms with Crippen molar-refractivity contribution in [3.8, 4) is 0 Å². The molecule has 20 heavy (non-hydrogen) atoms. The van der Waals surface area contributed by atoms with E-state index in [0.717, 1.165) is 51.1 Å². The van der Waals surface area contributed by atoms with Crippen molar-refractivity contribution in [1.82, 2.24) is 19.9 Å². The molecule has 2 N–H and O–H groups in total. The van der Waals surface area contributed by atoms with Gasteiger partial charge in [0.25, 0.3) is 0 Å². The van der Waals surface area contributed by atoms with Crippen LogP contribution in [-0.4, -0.2) is 53.7 Å².